The van der Waals surface area contributed by atoms with Crippen LogP contribution in [0.5, 0.6) is 11.5 Å². The van der Waals surface area contributed by atoms with Crippen molar-refractivity contribution in [3.63, 3.8) is 0 Å². The topological polar surface area (TPSA) is 47.6 Å². The van der Waals surface area contributed by atoms with Crippen molar-refractivity contribution in [3.05, 3.63) is 23.8 Å². The predicted molar refractivity (Wildman–Crippen MR) is 80.6 cm³/mol. The molecule has 0 saturated heterocycles. The minimum absolute atomic E-state index is 0.121. The summed E-state index contributed by atoms with van der Waals surface area (Å²) >= 11 is 0. The second-order valence-corrected chi connectivity index (χ2v) is 4.94. The fraction of sp³-hybridized carbons (Fsp3) is 0.562. The van der Waals surface area contributed by atoms with E-state index in [4.69, 9.17) is 9.47 Å². The zero-order chi connectivity index (χ0) is 15.0. The van der Waals surface area contributed by atoms with Crippen molar-refractivity contribution in [2.24, 2.45) is 0 Å². The fourth-order valence-electron chi connectivity index (χ4n) is 2.07. The maximum Gasteiger partial charge on any atom is 0.255 e. The molecule has 0 radical (unpaired) electrons. The average molecular weight is 279 g/mol. The van der Waals surface area contributed by atoms with E-state index >= 15 is 0 Å². The molecular formula is C16H25NO3. The number of benzene rings is 1. The van der Waals surface area contributed by atoms with E-state index in [1.807, 2.05) is 6.92 Å². The number of carbonyl (C=O) groups excluding carboxylic acids is 1. The Morgan fingerprint density at radius 1 is 1.25 bits per heavy atom. The van der Waals surface area contributed by atoms with Crippen molar-refractivity contribution in [2.75, 3.05) is 14.2 Å². The predicted octanol–water partition coefficient (Wildman–Crippen LogP) is 3.40. The number of amides is 1. The van der Waals surface area contributed by atoms with Gasteiger partial charge in [0, 0.05) is 6.04 Å². The van der Waals surface area contributed by atoms with Crippen LogP contribution in [0.3, 0.4) is 0 Å². The van der Waals surface area contributed by atoms with Gasteiger partial charge in [-0.15, -0.1) is 0 Å². The van der Waals surface area contributed by atoms with Crippen molar-refractivity contribution in [2.45, 2.75) is 45.6 Å². The van der Waals surface area contributed by atoms with E-state index in [1.54, 1.807) is 32.4 Å². The third-order valence-corrected chi connectivity index (χ3v) is 3.27. The van der Waals surface area contributed by atoms with Crippen LogP contribution in [-0.4, -0.2) is 26.2 Å². The average Bonchev–Trinajstić information content (AvgIpc) is 2.46. The van der Waals surface area contributed by atoms with Crippen LogP contribution in [0, 0.1) is 0 Å². The Morgan fingerprint density at radius 3 is 2.60 bits per heavy atom. The molecule has 1 rings (SSSR count). The molecule has 4 nitrogen and oxygen atoms in total. The highest BCUT2D eigenvalue weighted by Crippen LogP contribution is 2.24. The number of unbranched alkanes of at least 4 members (excludes halogenated alkanes) is 2. The van der Waals surface area contributed by atoms with Gasteiger partial charge in [-0.1, -0.05) is 26.2 Å². The van der Waals surface area contributed by atoms with E-state index in [1.165, 1.54) is 12.8 Å². The second-order valence-electron chi connectivity index (χ2n) is 4.94. The molecule has 1 aromatic carbocycles. The van der Waals surface area contributed by atoms with Crippen molar-refractivity contribution in [1.29, 1.82) is 0 Å². The molecule has 0 heterocycles. The van der Waals surface area contributed by atoms with Gasteiger partial charge in [-0.25, -0.2) is 0 Å². The molecule has 4 heteroatoms. The maximum absolute atomic E-state index is 12.3. The van der Waals surface area contributed by atoms with E-state index in [0.29, 0.717) is 17.1 Å². The SMILES string of the molecule is CCCCCC(C)NC(=O)c1cc(OC)ccc1OC. The molecule has 0 aliphatic carbocycles. The Bertz CT molecular complexity index is 432. The molecule has 1 aromatic rings. The molecule has 1 amide bonds. The molecule has 1 N–H and O–H groups in total. The van der Waals surface area contributed by atoms with Gasteiger partial charge in [0.1, 0.15) is 11.5 Å². The van der Waals surface area contributed by atoms with E-state index in [2.05, 4.69) is 12.2 Å². The van der Waals surface area contributed by atoms with Crippen LogP contribution >= 0.6 is 0 Å². The van der Waals surface area contributed by atoms with Gasteiger partial charge >= 0.3 is 0 Å². The Kier molecular flexibility index (Phi) is 6.91. The summed E-state index contributed by atoms with van der Waals surface area (Å²) in [7, 11) is 3.14. The molecule has 0 fully saturated rings. The first-order valence-electron chi connectivity index (χ1n) is 7.15. The second kappa shape index (κ2) is 8.46. The molecule has 0 spiro atoms. The summed E-state index contributed by atoms with van der Waals surface area (Å²) in [6, 6.07) is 5.38. The summed E-state index contributed by atoms with van der Waals surface area (Å²) < 4.78 is 10.4. The highest BCUT2D eigenvalue weighted by molar-refractivity contribution is 5.97. The lowest BCUT2D eigenvalue weighted by Crippen LogP contribution is -2.32. The van der Waals surface area contributed by atoms with Crippen molar-refractivity contribution in [3.8, 4) is 11.5 Å². The summed E-state index contributed by atoms with van der Waals surface area (Å²) in [5, 5.41) is 3.01. The van der Waals surface area contributed by atoms with E-state index in [9.17, 15) is 4.79 Å². The number of rotatable bonds is 8. The highest BCUT2D eigenvalue weighted by atomic mass is 16.5. The zero-order valence-corrected chi connectivity index (χ0v) is 12.9. The van der Waals surface area contributed by atoms with Gasteiger partial charge in [0.05, 0.1) is 19.8 Å². The zero-order valence-electron chi connectivity index (χ0n) is 12.9. The minimum atomic E-state index is -0.121. The summed E-state index contributed by atoms with van der Waals surface area (Å²) in [5.74, 6) is 1.09. The Labute approximate surface area is 121 Å². The Balaban J connectivity index is 2.70. The number of nitrogens with one attached hydrogen (secondary N) is 1. The standard InChI is InChI=1S/C16H25NO3/c1-5-6-7-8-12(2)17-16(18)14-11-13(19-3)9-10-15(14)20-4/h9-12H,5-8H2,1-4H3,(H,17,18). The lowest BCUT2D eigenvalue weighted by atomic mass is 10.1. The molecule has 0 saturated carbocycles. The summed E-state index contributed by atoms with van der Waals surface area (Å²) in [5.41, 5.74) is 0.509. The van der Waals surface area contributed by atoms with Crippen LogP contribution in [0.25, 0.3) is 0 Å². The van der Waals surface area contributed by atoms with Gasteiger partial charge in [0.15, 0.2) is 0 Å². The van der Waals surface area contributed by atoms with Gasteiger partial charge in [-0.2, -0.15) is 0 Å². The first-order chi connectivity index (χ1) is 9.62. The first-order valence-corrected chi connectivity index (χ1v) is 7.15. The molecule has 1 atom stereocenters. The van der Waals surface area contributed by atoms with Gasteiger partial charge in [0.2, 0.25) is 0 Å². The molecule has 0 aliphatic rings. The van der Waals surface area contributed by atoms with Crippen LogP contribution in [0.2, 0.25) is 0 Å². The van der Waals surface area contributed by atoms with Gasteiger partial charge in [-0.05, 0) is 31.5 Å². The largest absolute Gasteiger partial charge is 0.497 e. The van der Waals surface area contributed by atoms with Crippen molar-refractivity contribution in [1.82, 2.24) is 5.32 Å². The molecule has 20 heavy (non-hydrogen) atoms. The lowest BCUT2D eigenvalue weighted by Gasteiger charge is -2.15. The van der Waals surface area contributed by atoms with Gasteiger partial charge in [-0.3, -0.25) is 4.79 Å². The molecule has 0 bridgehead atoms. The molecule has 0 aliphatic heterocycles. The quantitative estimate of drug-likeness (QED) is 0.742. The van der Waals surface area contributed by atoms with E-state index < -0.39 is 0 Å². The van der Waals surface area contributed by atoms with E-state index in [-0.39, 0.29) is 11.9 Å². The molecular weight excluding hydrogens is 254 g/mol. The maximum atomic E-state index is 12.3. The third-order valence-electron chi connectivity index (χ3n) is 3.27. The van der Waals surface area contributed by atoms with Crippen LogP contribution in [-0.2, 0) is 0 Å². The normalized spacial score (nSPS) is 11.8. The Hall–Kier alpha value is -1.71. The number of methoxy groups -OCH3 is 2. The van der Waals surface area contributed by atoms with Crippen LogP contribution < -0.4 is 14.8 Å². The molecule has 112 valence electrons. The van der Waals surface area contributed by atoms with Gasteiger partial charge < -0.3 is 14.8 Å². The summed E-state index contributed by atoms with van der Waals surface area (Å²) in [6.07, 6.45) is 4.51. The van der Waals surface area contributed by atoms with Crippen LogP contribution in [0.4, 0.5) is 0 Å². The Morgan fingerprint density at radius 2 is 2.00 bits per heavy atom. The number of carbonyl (C=O) groups is 1. The number of hydrogen-bond acceptors (Lipinski definition) is 3. The number of hydrogen-bond donors (Lipinski definition) is 1. The first kappa shape index (κ1) is 16.3. The van der Waals surface area contributed by atoms with Crippen LogP contribution in [0.15, 0.2) is 18.2 Å². The fourth-order valence-corrected chi connectivity index (χ4v) is 2.07. The molecule has 0 aromatic heterocycles. The summed E-state index contributed by atoms with van der Waals surface area (Å²) in [4.78, 5) is 12.3. The minimum Gasteiger partial charge on any atom is -0.497 e. The highest BCUT2D eigenvalue weighted by Gasteiger charge is 2.15. The van der Waals surface area contributed by atoms with Gasteiger partial charge in [0.25, 0.3) is 5.91 Å². The monoisotopic (exact) mass is 279 g/mol. The van der Waals surface area contributed by atoms with Crippen LogP contribution in [0.1, 0.15) is 49.9 Å². The van der Waals surface area contributed by atoms with E-state index in [0.717, 1.165) is 12.8 Å². The third kappa shape index (κ3) is 4.76. The number of ether oxygens (including phenoxy) is 2. The van der Waals surface area contributed by atoms with Crippen molar-refractivity contribution < 1.29 is 14.3 Å². The lowest BCUT2D eigenvalue weighted by molar-refractivity contribution is 0.0934. The smallest absolute Gasteiger partial charge is 0.255 e. The molecule has 1 unspecified atom stereocenters. The summed E-state index contributed by atoms with van der Waals surface area (Å²) in [6.45, 7) is 4.20. The van der Waals surface area contributed by atoms with Crippen molar-refractivity contribution >= 4 is 5.91 Å².